The van der Waals surface area contributed by atoms with E-state index >= 15 is 0 Å². The molecule has 0 aromatic heterocycles. The zero-order chi connectivity index (χ0) is 90.0. The van der Waals surface area contributed by atoms with Gasteiger partial charge in [0.25, 0.3) is 0 Å². The summed E-state index contributed by atoms with van der Waals surface area (Å²) < 4.78 is 284. The summed E-state index contributed by atoms with van der Waals surface area (Å²) in [4.78, 5) is 0. The molecule has 0 amide bonds. The first kappa shape index (κ1) is 117. The lowest BCUT2D eigenvalue weighted by Gasteiger charge is -2.29. The molecular formula is C79H167F21. The third-order valence-corrected chi connectivity index (χ3v) is 12.2. The Labute approximate surface area is 615 Å². The van der Waals surface area contributed by atoms with Crippen molar-refractivity contribution in [3.8, 4) is 0 Å². The Bertz CT molecular complexity index is 1610. The molecule has 630 valence electrons. The Morgan fingerprint density at radius 2 is 0.570 bits per heavy atom. The van der Waals surface area contributed by atoms with Crippen LogP contribution in [0.2, 0.25) is 0 Å². The van der Waals surface area contributed by atoms with Gasteiger partial charge >= 0.3 is 43.2 Å². The quantitative estimate of drug-likeness (QED) is 0.191. The van der Waals surface area contributed by atoms with E-state index in [4.69, 9.17) is 8.22 Å². The van der Waals surface area contributed by atoms with Crippen molar-refractivity contribution in [1.29, 1.82) is 0 Å². The number of rotatable bonds is 10. The molecule has 0 N–H and O–H groups in total. The maximum Gasteiger partial charge on any atom is 0.402 e. The van der Waals surface area contributed by atoms with Crippen molar-refractivity contribution >= 4 is 0 Å². The number of hydrogen-bond donors (Lipinski definition) is 0. The molecule has 3 atom stereocenters. The van der Waals surface area contributed by atoms with Crippen molar-refractivity contribution in [2.24, 2.45) is 69.9 Å². The predicted octanol–water partition coefficient (Wildman–Crippen LogP) is 36.6. The summed E-state index contributed by atoms with van der Waals surface area (Å²) in [5.41, 5.74) is -5.19. The number of hydrogen-bond acceptors (Lipinski definition) is 0. The fourth-order valence-electron chi connectivity index (χ4n) is 3.96. The zero-order valence-electron chi connectivity index (χ0n) is 77.0. The van der Waals surface area contributed by atoms with Gasteiger partial charge in [0, 0.05) is 27.0 Å². The van der Waals surface area contributed by atoms with Gasteiger partial charge in [0.2, 0.25) is 0 Å². The monoisotopic (exact) mass is 1520 g/mol. The second-order valence-corrected chi connectivity index (χ2v) is 28.6. The molecule has 0 aromatic carbocycles. The molecule has 0 aliphatic heterocycles. The zero-order valence-corrected chi connectivity index (χ0v) is 71.0. The minimum Gasteiger partial charge on any atom is -0.171 e. The van der Waals surface area contributed by atoms with Gasteiger partial charge in [0.05, 0.1) is 11.3 Å². The van der Waals surface area contributed by atoms with Gasteiger partial charge in [0.1, 0.15) is 0 Å². The largest absolute Gasteiger partial charge is 0.402 e. The van der Waals surface area contributed by atoms with Gasteiger partial charge in [0.15, 0.2) is 5.41 Å². The molecular weight excluding hydrogens is 1350 g/mol. The third-order valence-electron chi connectivity index (χ3n) is 12.2. The summed E-state index contributed by atoms with van der Waals surface area (Å²) in [7, 11) is 0. The summed E-state index contributed by atoms with van der Waals surface area (Å²) >= 11 is 0. The van der Waals surface area contributed by atoms with Gasteiger partial charge in [-0.3, -0.25) is 0 Å². The lowest BCUT2D eigenvalue weighted by atomic mass is 9.91. The highest BCUT2D eigenvalue weighted by Gasteiger charge is 2.64. The highest BCUT2D eigenvalue weighted by molar-refractivity contribution is 4.84. The molecule has 2 fully saturated rings. The molecule has 0 spiro atoms. The van der Waals surface area contributed by atoms with Gasteiger partial charge in [-0.1, -0.05) is 371 Å². The Kier molecular flexibility index (Phi) is 95.4. The second kappa shape index (κ2) is 81.6. The molecule has 1 unspecified atom stereocenters. The van der Waals surface area contributed by atoms with Crippen LogP contribution in [0.25, 0.3) is 0 Å². The fourth-order valence-corrected chi connectivity index (χ4v) is 3.96. The van der Waals surface area contributed by atoms with Gasteiger partial charge < -0.3 is 0 Å². The van der Waals surface area contributed by atoms with Crippen molar-refractivity contribution in [1.82, 2.24) is 0 Å². The minimum absolute atomic E-state index is 0.0556. The Balaban J connectivity index is -0.0000000646. The van der Waals surface area contributed by atoms with E-state index in [9.17, 15) is 92.2 Å². The normalized spacial score (nSPS) is 15.8. The minimum atomic E-state index is -5.24. The maximum atomic E-state index is 11.6. The number of unbranched alkanes of at least 4 members (excludes halogenated alkanes) is 3. The molecule has 2 rings (SSSR count). The Morgan fingerprint density at radius 3 is 0.610 bits per heavy atom. The van der Waals surface area contributed by atoms with Gasteiger partial charge in [-0.15, -0.1) is 0 Å². The lowest BCUT2D eigenvalue weighted by molar-refractivity contribution is -0.327. The molecule has 21 heteroatoms. The Morgan fingerprint density at radius 1 is 0.370 bits per heavy atom. The van der Waals surface area contributed by atoms with Crippen molar-refractivity contribution in [2.45, 2.75) is 447 Å². The molecule has 100 heavy (non-hydrogen) atoms. The highest BCUT2D eigenvalue weighted by atomic mass is 19.4. The van der Waals surface area contributed by atoms with E-state index in [-0.39, 0.29) is 55.7 Å². The first-order chi connectivity index (χ1) is 46.3. The molecule has 0 nitrogen and oxygen atoms in total. The number of alkyl halides is 21. The molecule has 0 heterocycles. The summed E-state index contributed by atoms with van der Waals surface area (Å²) in [5.74, 6) is -1.72. The van der Waals surface area contributed by atoms with E-state index in [1.54, 1.807) is 34.6 Å². The van der Waals surface area contributed by atoms with Crippen molar-refractivity contribution in [3.05, 3.63) is 0 Å². The van der Waals surface area contributed by atoms with Crippen LogP contribution in [0.4, 0.5) is 92.2 Å². The molecule has 0 bridgehead atoms. The van der Waals surface area contributed by atoms with Crippen LogP contribution in [0.1, 0.15) is 412 Å². The highest BCUT2D eigenvalue weighted by Crippen LogP contribution is 2.49. The molecule has 0 aromatic rings. The molecule has 2 aliphatic carbocycles. The van der Waals surface area contributed by atoms with Crippen molar-refractivity contribution in [3.63, 3.8) is 0 Å². The summed E-state index contributed by atoms with van der Waals surface area (Å²) in [6, 6.07) is 0. The average Bonchev–Trinajstić information content (AvgIpc) is 0.983. The molecule has 0 radical (unpaired) electrons. The standard InChI is InChI=1S/C7H14.2C6H11F3.C6H12.C5H6F6.2C5H9F3.2C5H12.C4H7F3.5C4H10.C3H8.C2H6/c1-7-5-3-2-4-6-7;2*1-3-5(2)4-6(7,8)9;1-6-4-2-3-5-6;1-3(2,4(6,7)8)5(9,10)11;1-4(2,3)5(6,7)8;1-3-4(2)5(6,7)8;1-4-5(2)3;1-3-5-4-2;1-3(2)4(5,6)7;3*1-4(2)3;2*1-3-4-2;1-3-2;1-2/h7H,2-6H2,1H3;2*5H,3-4H2,1-2H3;6H,2-5H2,1H3;1-2H3;1-3H3;4H,3H2,1-2H3;5H,4H2,1-3H3;3-5H2,1-2H3;3H,1-2H3;3*4H,1-3H3;2*3-4H2,1-2H3;3H2,1-2H3;1-2H3/t;2*5-;;;;;;;;;;;;;;/m.00............../s1/i7D;;;6D;;;;;;;2*4D;;3D2;;;. The van der Waals surface area contributed by atoms with Crippen LogP contribution in [0.5, 0.6) is 0 Å². The van der Waals surface area contributed by atoms with Gasteiger partial charge in [-0.25, -0.2) is 0 Å². The van der Waals surface area contributed by atoms with E-state index in [1.165, 1.54) is 90.9 Å². The van der Waals surface area contributed by atoms with Gasteiger partial charge in [-0.05, 0) is 67.5 Å². The van der Waals surface area contributed by atoms with Crippen LogP contribution in [0, 0.1) is 69.9 Å². The summed E-state index contributed by atoms with van der Waals surface area (Å²) in [6.07, 6.45) is -10.6. The van der Waals surface area contributed by atoms with E-state index in [0.717, 1.165) is 72.1 Å². The van der Waals surface area contributed by atoms with E-state index in [0.29, 0.717) is 19.3 Å². The van der Waals surface area contributed by atoms with E-state index < -0.39 is 85.1 Å². The van der Waals surface area contributed by atoms with Crippen molar-refractivity contribution in [2.75, 3.05) is 0 Å². The summed E-state index contributed by atoms with van der Waals surface area (Å²) in [6.45, 7) is 64.1. The molecule has 2 saturated carbocycles. The third kappa shape index (κ3) is 159. The fraction of sp³-hybridized carbons (Fsp3) is 1.00. The number of halogens is 21. The summed E-state index contributed by atoms with van der Waals surface area (Å²) in [5, 5.41) is 0. The van der Waals surface area contributed by atoms with E-state index in [1.807, 2.05) is 76.2 Å². The SMILES string of the molecule is CC.CC(C)(C(F)(F)F)C(F)(F)F.CC(C)(C)C(F)(F)F.CC(C)C.CC(C)C(F)(F)F.CCC.CCC(C)C.CCC(C)C(F)(F)F.CCCC.CCCCC.CC[C@H](C)CC(F)(F)F.CC[C@H](C)CC(F)(F)F.[2H]C(C)(C)C.[2H]C(C)(C)C.[2H]C([2H])(C)CC.[2H]C1(C)CCCC1.[2H]C1(C)CCCCC1. The molecule has 2 aliphatic rings. The van der Waals surface area contributed by atoms with Crippen LogP contribution in [0.15, 0.2) is 0 Å². The Hall–Kier alpha value is -1.47. The van der Waals surface area contributed by atoms with Crippen molar-refractivity contribution < 1.29 is 100 Å². The predicted molar refractivity (Wildman–Crippen MR) is 398 cm³/mol. The van der Waals surface area contributed by atoms with Crippen LogP contribution in [0.3, 0.4) is 0 Å². The van der Waals surface area contributed by atoms with Crippen LogP contribution in [-0.4, -0.2) is 43.2 Å². The topological polar surface area (TPSA) is 0 Å². The lowest BCUT2D eigenvalue weighted by Crippen LogP contribution is -2.44. The van der Waals surface area contributed by atoms with Crippen LogP contribution < -0.4 is 0 Å². The van der Waals surface area contributed by atoms with Crippen LogP contribution >= 0.6 is 0 Å². The second-order valence-electron chi connectivity index (χ2n) is 28.6. The van der Waals surface area contributed by atoms with Gasteiger partial charge in [-0.2, -0.15) is 92.2 Å². The smallest absolute Gasteiger partial charge is 0.171 e. The molecule has 0 saturated heterocycles. The van der Waals surface area contributed by atoms with Crippen LogP contribution in [-0.2, 0) is 0 Å². The average molecular weight is 1520 g/mol. The first-order valence-electron chi connectivity index (χ1n) is 39.8. The maximum absolute atomic E-state index is 11.6. The van der Waals surface area contributed by atoms with E-state index in [2.05, 4.69) is 83.1 Å². The first-order valence-corrected chi connectivity index (χ1v) is 36.8.